The minimum atomic E-state index is -0.652. The molecule has 0 aliphatic heterocycles. The maximum Gasteiger partial charge on any atom is 0.309 e. The van der Waals surface area contributed by atoms with E-state index in [0.29, 0.717) is 17.8 Å². The van der Waals surface area contributed by atoms with Crippen molar-refractivity contribution in [3.05, 3.63) is 0 Å². The standard InChI is InChI=1S/C14H28O2/c1-9(2)11(5)8-14(7,13(15)16)12(6)10(3)4/h9-12H,8H2,1-7H3,(H,15,16). The molecule has 0 bridgehead atoms. The molecule has 2 heteroatoms. The van der Waals surface area contributed by atoms with Crippen molar-refractivity contribution in [2.24, 2.45) is 29.1 Å². The third kappa shape index (κ3) is 3.50. The lowest BCUT2D eigenvalue weighted by Gasteiger charge is -2.37. The predicted molar refractivity (Wildman–Crippen MR) is 68.4 cm³/mol. The molecular weight excluding hydrogens is 200 g/mol. The van der Waals surface area contributed by atoms with Gasteiger partial charge in [0.05, 0.1) is 5.41 Å². The van der Waals surface area contributed by atoms with Gasteiger partial charge in [0, 0.05) is 0 Å². The Kier molecular flexibility index (Phi) is 5.51. The summed E-state index contributed by atoms with van der Waals surface area (Å²) in [4.78, 5) is 11.5. The monoisotopic (exact) mass is 228 g/mol. The molecule has 0 aromatic rings. The van der Waals surface area contributed by atoms with E-state index in [1.54, 1.807) is 0 Å². The van der Waals surface area contributed by atoms with E-state index in [0.717, 1.165) is 6.42 Å². The maximum absolute atomic E-state index is 11.5. The summed E-state index contributed by atoms with van der Waals surface area (Å²) in [6, 6.07) is 0. The van der Waals surface area contributed by atoms with E-state index in [1.807, 2.05) is 6.92 Å². The van der Waals surface area contributed by atoms with E-state index < -0.39 is 11.4 Å². The fourth-order valence-electron chi connectivity index (χ4n) is 2.11. The molecule has 0 amide bonds. The van der Waals surface area contributed by atoms with E-state index in [2.05, 4.69) is 41.5 Å². The second-order valence-electron chi connectivity index (χ2n) is 6.18. The van der Waals surface area contributed by atoms with Gasteiger partial charge in [-0.05, 0) is 37.0 Å². The van der Waals surface area contributed by atoms with Crippen molar-refractivity contribution in [1.29, 1.82) is 0 Å². The quantitative estimate of drug-likeness (QED) is 0.744. The summed E-state index contributed by atoms with van der Waals surface area (Å²) in [5.41, 5.74) is -0.599. The highest BCUT2D eigenvalue weighted by Gasteiger charge is 2.41. The fourth-order valence-corrected chi connectivity index (χ4v) is 2.11. The first-order chi connectivity index (χ1) is 7.12. The Balaban J connectivity index is 4.91. The number of hydrogen-bond acceptors (Lipinski definition) is 1. The van der Waals surface area contributed by atoms with Crippen LogP contribution < -0.4 is 0 Å². The van der Waals surface area contributed by atoms with E-state index in [4.69, 9.17) is 0 Å². The van der Waals surface area contributed by atoms with Gasteiger partial charge < -0.3 is 5.11 Å². The molecule has 96 valence electrons. The van der Waals surface area contributed by atoms with Gasteiger partial charge in [-0.2, -0.15) is 0 Å². The van der Waals surface area contributed by atoms with Crippen LogP contribution in [0.3, 0.4) is 0 Å². The molecular formula is C14H28O2. The lowest BCUT2D eigenvalue weighted by Crippen LogP contribution is -2.39. The van der Waals surface area contributed by atoms with Crippen molar-refractivity contribution >= 4 is 5.97 Å². The molecule has 0 spiro atoms. The van der Waals surface area contributed by atoms with Crippen molar-refractivity contribution in [2.45, 2.75) is 54.9 Å². The van der Waals surface area contributed by atoms with Gasteiger partial charge in [-0.3, -0.25) is 4.79 Å². The minimum Gasteiger partial charge on any atom is -0.481 e. The van der Waals surface area contributed by atoms with Crippen LogP contribution in [0.25, 0.3) is 0 Å². The molecule has 1 N–H and O–H groups in total. The van der Waals surface area contributed by atoms with Gasteiger partial charge in [-0.15, -0.1) is 0 Å². The smallest absolute Gasteiger partial charge is 0.309 e. The highest BCUT2D eigenvalue weighted by molar-refractivity contribution is 5.74. The molecule has 16 heavy (non-hydrogen) atoms. The Bertz CT molecular complexity index is 233. The third-order valence-corrected chi connectivity index (χ3v) is 4.38. The second-order valence-corrected chi connectivity index (χ2v) is 6.18. The number of carboxylic acids is 1. The average Bonchev–Trinajstić information content (AvgIpc) is 2.15. The molecule has 0 heterocycles. The Morgan fingerprint density at radius 2 is 1.50 bits per heavy atom. The second kappa shape index (κ2) is 5.70. The Labute approximate surface area is 100 Å². The van der Waals surface area contributed by atoms with Crippen molar-refractivity contribution in [1.82, 2.24) is 0 Å². The van der Waals surface area contributed by atoms with Crippen LogP contribution >= 0.6 is 0 Å². The van der Waals surface area contributed by atoms with Gasteiger partial charge in [-0.1, -0.05) is 41.5 Å². The molecule has 3 unspecified atom stereocenters. The van der Waals surface area contributed by atoms with Crippen LogP contribution in [0.15, 0.2) is 0 Å². The zero-order chi connectivity index (χ0) is 13.1. The van der Waals surface area contributed by atoms with Crippen LogP contribution in [0.5, 0.6) is 0 Å². The lowest BCUT2D eigenvalue weighted by atomic mass is 9.67. The molecule has 0 aromatic heterocycles. The molecule has 0 aliphatic carbocycles. The van der Waals surface area contributed by atoms with Crippen LogP contribution in [-0.2, 0) is 4.79 Å². The van der Waals surface area contributed by atoms with Crippen molar-refractivity contribution in [3.63, 3.8) is 0 Å². The molecule has 0 fully saturated rings. The van der Waals surface area contributed by atoms with Crippen LogP contribution in [-0.4, -0.2) is 11.1 Å². The van der Waals surface area contributed by atoms with E-state index in [1.165, 1.54) is 0 Å². The summed E-state index contributed by atoms with van der Waals surface area (Å²) in [5.74, 6) is 0.938. The van der Waals surface area contributed by atoms with Gasteiger partial charge in [0.2, 0.25) is 0 Å². The first kappa shape index (κ1) is 15.5. The third-order valence-electron chi connectivity index (χ3n) is 4.38. The van der Waals surface area contributed by atoms with Crippen LogP contribution in [0.4, 0.5) is 0 Å². The maximum atomic E-state index is 11.5. The largest absolute Gasteiger partial charge is 0.481 e. The van der Waals surface area contributed by atoms with E-state index in [-0.39, 0.29) is 5.92 Å². The molecule has 0 radical (unpaired) electrons. The zero-order valence-corrected chi connectivity index (χ0v) is 11.9. The van der Waals surface area contributed by atoms with Crippen molar-refractivity contribution in [3.8, 4) is 0 Å². The lowest BCUT2D eigenvalue weighted by molar-refractivity contribution is -0.153. The molecule has 2 nitrogen and oxygen atoms in total. The number of rotatable bonds is 6. The fraction of sp³-hybridized carbons (Fsp3) is 0.929. The minimum absolute atomic E-state index is 0.200. The number of aliphatic carboxylic acids is 1. The Hall–Kier alpha value is -0.530. The highest BCUT2D eigenvalue weighted by atomic mass is 16.4. The van der Waals surface area contributed by atoms with Gasteiger partial charge in [0.25, 0.3) is 0 Å². The van der Waals surface area contributed by atoms with Gasteiger partial charge >= 0.3 is 5.97 Å². The molecule has 0 saturated carbocycles. The highest BCUT2D eigenvalue weighted by Crippen LogP contribution is 2.40. The number of hydrogen-bond donors (Lipinski definition) is 1. The predicted octanol–water partition coefficient (Wildman–Crippen LogP) is 4.05. The Morgan fingerprint density at radius 3 is 1.75 bits per heavy atom. The summed E-state index contributed by atoms with van der Waals surface area (Å²) >= 11 is 0. The first-order valence-corrected chi connectivity index (χ1v) is 6.36. The van der Waals surface area contributed by atoms with Crippen LogP contribution in [0.2, 0.25) is 0 Å². The molecule has 0 rings (SSSR count). The van der Waals surface area contributed by atoms with Crippen LogP contribution in [0.1, 0.15) is 54.9 Å². The average molecular weight is 228 g/mol. The van der Waals surface area contributed by atoms with E-state index >= 15 is 0 Å². The van der Waals surface area contributed by atoms with Crippen molar-refractivity contribution in [2.75, 3.05) is 0 Å². The number of carboxylic acid groups (broad SMARTS) is 1. The summed E-state index contributed by atoms with van der Waals surface area (Å²) in [7, 11) is 0. The molecule has 0 saturated heterocycles. The SMILES string of the molecule is CC(C)C(C)CC(C)(C(=O)O)C(C)C(C)C. The Morgan fingerprint density at radius 1 is 1.06 bits per heavy atom. The van der Waals surface area contributed by atoms with E-state index in [9.17, 15) is 9.90 Å². The summed E-state index contributed by atoms with van der Waals surface area (Å²) in [6.45, 7) is 14.6. The summed E-state index contributed by atoms with van der Waals surface area (Å²) < 4.78 is 0. The van der Waals surface area contributed by atoms with Gasteiger partial charge in [-0.25, -0.2) is 0 Å². The molecule has 0 aromatic carbocycles. The number of carbonyl (C=O) groups is 1. The normalized spacial score (nSPS) is 19.6. The molecule has 3 atom stereocenters. The van der Waals surface area contributed by atoms with Gasteiger partial charge in [0.15, 0.2) is 0 Å². The summed E-state index contributed by atoms with van der Waals surface area (Å²) in [5, 5.41) is 9.48. The van der Waals surface area contributed by atoms with Crippen LogP contribution in [0, 0.1) is 29.1 Å². The summed E-state index contributed by atoms with van der Waals surface area (Å²) in [6.07, 6.45) is 0.763. The zero-order valence-electron chi connectivity index (χ0n) is 11.9. The first-order valence-electron chi connectivity index (χ1n) is 6.36. The molecule has 0 aliphatic rings. The topological polar surface area (TPSA) is 37.3 Å². The van der Waals surface area contributed by atoms with Gasteiger partial charge in [0.1, 0.15) is 0 Å². The van der Waals surface area contributed by atoms with Crippen molar-refractivity contribution < 1.29 is 9.90 Å².